The molecule has 0 spiro atoms. The van der Waals surface area contributed by atoms with Crippen LogP contribution < -0.4 is 10.2 Å². The number of carbonyl (C=O) groups is 1. The lowest BCUT2D eigenvalue weighted by molar-refractivity contribution is -0.121. The molecule has 0 radical (unpaired) electrons. The molecule has 90 valence electrons. The van der Waals surface area contributed by atoms with E-state index in [0.29, 0.717) is 0 Å². The number of carbonyl (C=O) groups excluding carboxylic acids is 1. The van der Waals surface area contributed by atoms with Gasteiger partial charge in [-0.3, -0.25) is 4.79 Å². The Morgan fingerprint density at radius 3 is 3.12 bits per heavy atom. The van der Waals surface area contributed by atoms with E-state index < -0.39 is 0 Å². The average Bonchev–Trinajstić information content (AvgIpc) is 2.97. The van der Waals surface area contributed by atoms with Gasteiger partial charge in [-0.15, -0.1) is 0 Å². The molecule has 2 heterocycles. The van der Waals surface area contributed by atoms with Gasteiger partial charge in [0.05, 0.1) is 5.92 Å². The highest BCUT2D eigenvalue weighted by molar-refractivity contribution is 9.10. The van der Waals surface area contributed by atoms with Crippen molar-refractivity contribution >= 4 is 27.5 Å². The van der Waals surface area contributed by atoms with Crippen molar-refractivity contribution in [1.29, 1.82) is 0 Å². The van der Waals surface area contributed by atoms with Crippen molar-refractivity contribution in [1.82, 2.24) is 5.32 Å². The topological polar surface area (TPSA) is 32.3 Å². The summed E-state index contributed by atoms with van der Waals surface area (Å²) in [6, 6.07) is 6.21. The van der Waals surface area contributed by atoms with Gasteiger partial charge in [0, 0.05) is 23.2 Å². The summed E-state index contributed by atoms with van der Waals surface area (Å²) in [6.07, 6.45) is 1.95. The molecule has 2 aliphatic heterocycles. The molecule has 0 bridgehead atoms. The van der Waals surface area contributed by atoms with Crippen LogP contribution in [0.25, 0.3) is 0 Å². The van der Waals surface area contributed by atoms with Crippen molar-refractivity contribution in [2.45, 2.75) is 12.8 Å². The molecular formula is C13H15BrN2O. The van der Waals surface area contributed by atoms with E-state index in [4.69, 9.17) is 0 Å². The molecule has 3 rings (SSSR count). The fourth-order valence-electron chi connectivity index (χ4n) is 2.67. The molecule has 3 nitrogen and oxygen atoms in total. The molecule has 1 N–H and O–H groups in total. The second kappa shape index (κ2) is 4.42. The lowest BCUT2D eigenvalue weighted by Crippen LogP contribution is -2.35. The quantitative estimate of drug-likeness (QED) is 0.859. The summed E-state index contributed by atoms with van der Waals surface area (Å²) in [6.45, 7) is 2.63. The Balaban J connectivity index is 1.87. The summed E-state index contributed by atoms with van der Waals surface area (Å²) < 4.78 is 1.04. The van der Waals surface area contributed by atoms with Crippen molar-refractivity contribution in [2.75, 3.05) is 24.5 Å². The maximum Gasteiger partial charge on any atom is 0.231 e. The van der Waals surface area contributed by atoms with Gasteiger partial charge >= 0.3 is 0 Å². The number of amides is 1. The minimum absolute atomic E-state index is 0.167. The summed E-state index contributed by atoms with van der Waals surface area (Å²) >= 11 is 3.47. The molecule has 4 heteroatoms. The molecule has 1 amide bonds. The van der Waals surface area contributed by atoms with Crippen LogP contribution in [0.4, 0.5) is 5.69 Å². The Hall–Kier alpha value is -0.870. The smallest absolute Gasteiger partial charge is 0.231 e. The molecular weight excluding hydrogens is 280 g/mol. The minimum Gasteiger partial charge on any atom is -0.316 e. The number of rotatable bonds is 1. The van der Waals surface area contributed by atoms with Gasteiger partial charge in [0.15, 0.2) is 0 Å². The van der Waals surface area contributed by atoms with Crippen LogP contribution in [0.2, 0.25) is 0 Å². The van der Waals surface area contributed by atoms with E-state index in [1.54, 1.807) is 0 Å². The minimum atomic E-state index is 0.167. The maximum atomic E-state index is 12.4. The Morgan fingerprint density at radius 2 is 2.35 bits per heavy atom. The summed E-state index contributed by atoms with van der Waals surface area (Å²) in [7, 11) is 0. The van der Waals surface area contributed by atoms with E-state index in [0.717, 1.165) is 42.6 Å². The molecule has 17 heavy (non-hydrogen) atoms. The van der Waals surface area contributed by atoms with Gasteiger partial charge in [-0.1, -0.05) is 22.0 Å². The van der Waals surface area contributed by atoms with Crippen molar-refractivity contribution in [3.8, 4) is 0 Å². The number of nitrogens with one attached hydrogen (secondary N) is 1. The van der Waals surface area contributed by atoms with Crippen LogP contribution in [0.1, 0.15) is 12.0 Å². The number of halogens is 1. The fourth-order valence-corrected chi connectivity index (χ4v) is 3.02. The number of nitrogens with zero attached hydrogens (tertiary/aromatic N) is 1. The van der Waals surface area contributed by atoms with Gasteiger partial charge in [-0.2, -0.15) is 0 Å². The predicted molar refractivity (Wildman–Crippen MR) is 71.2 cm³/mol. The van der Waals surface area contributed by atoms with Gasteiger partial charge in [0.1, 0.15) is 0 Å². The van der Waals surface area contributed by atoms with Gasteiger partial charge in [-0.05, 0) is 37.1 Å². The Kier molecular flexibility index (Phi) is 2.92. The van der Waals surface area contributed by atoms with Crippen molar-refractivity contribution < 1.29 is 4.79 Å². The third kappa shape index (κ3) is 2.00. The molecule has 1 aromatic rings. The number of hydrogen-bond acceptors (Lipinski definition) is 2. The van der Waals surface area contributed by atoms with E-state index in [9.17, 15) is 4.79 Å². The number of benzene rings is 1. The molecule has 1 saturated heterocycles. The first-order valence-corrected chi connectivity index (χ1v) is 6.85. The number of anilines is 1. The first-order chi connectivity index (χ1) is 8.25. The Morgan fingerprint density at radius 1 is 1.47 bits per heavy atom. The number of hydrogen-bond donors (Lipinski definition) is 1. The van der Waals surface area contributed by atoms with Crippen molar-refractivity contribution in [2.24, 2.45) is 5.92 Å². The molecule has 0 aliphatic carbocycles. The van der Waals surface area contributed by atoms with Crippen LogP contribution >= 0.6 is 15.9 Å². The maximum absolute atomic E-state index is 12.4. The van der Waals surface area contributed by atoms with Crippen LogP contribution in [0.15, 0.2) is 22.7 Å². The van der Waals surface area contributed by atoms with Crippen molar-refractivity contribution in [3.63, 3.8) is 0 Å². The second-order valence-electron chi connectivity index (χ2n) is 4.70. The van der Waals surface area contributed by atoms with E-state index >= 15 is 0 Å². The monoisotopic (exact) mass is 294 g/mol. The lowest BCUT2D eigenvalue weighted by Gasteiger charge is -2.21. The summed E-state index contributed by atoms with van der Waals surface area (Å²) in [5, 5.41) is 3.26. The van der Waals surface area contributed by atoms with E-state index in [1.165, 1.54) is 5.56 Å². The van der Waals surface area contributed by atoms with E-state index in [-0.39, 0.29) is 11.8 Å². The van der Waals surface area contributed by atoms with Crippen LogP contribution in [-0.4, -0.2) is 25.5 Å². The zero-order chi connectivity index (χ0) is 11.8. The van der Waals surface area contributed by atoms with Crippen LogP contribution in [0.5, 0.6) is 0 Å². The second-order valence-corrected chi connectivity index (χ2v) is 5.62. The van der Waals surface area contributed by atoms with Gasteiger partial charge in [0.25, 0.3) is 0 Å². The summed E-state index contributed by atoms with van der Waals surface area (Å²) in [4.78, 5) is 14.3. The summed E-state index contributed by atoms with van der Waals surface area (Å²) in [5.41, 5.74) is 2.38. The van der Waals surface area contributed by atoms with Crippen LogP contribution in [0.3, 0.4) is 0 Å². The normalized spacial score (nSPS) is 22.9. The highest BCUT2D eigenvalue weighted by Gasteiger charge is 2.31. The standard InChI is InChI=1S/C13H15BrN2O/c14-11-2-1-9-4-6-16(12(9)7-11)13(17)10-3-5-15-8-10/h1-2,7,10,15H,3-6,8H2. The first-order valence-electron chi connectivity index (χ1n) is 6.06. The highest BCUT2D eigenvalue weighted by Crippen LogP contribution is 2.32. The molecule has 1 fully saturated rings. The largest absolute Gasteiger partial charge is 0.316 e. The first kappa shape index (κ1) is 11.2. The predicted octanol–water partition coefficient (Wildman–Crippen LogP) is 1.95. The van der Waals surface area contributed by atoms with Gasteiger partial charge in [0.2, 0.25) is 5.91 Å². The lowest BCUT2D eigenvalue weighted by atomic mass is 10.1. The molecule has 1 atom stereocenters. The van der Waals surface area contributed by atoms with Gasteiger partial charge < -0.3 is 10.2 Å². The van der Waals surface area contributed by atoms with E-state index in [1.807, 2.05) is 11.0 Å². The molecule has 2 aliphatic rings. The Labute approximate surface area is 109 Å². The SMILES string of the molecule is O=C(C1CCNC1)N1CCc2ccc(Br)cc21. The third-order valence-corrected chi connectivity index (χ3v) is 4.11. The number of fused-ring (bicyclic) bond motifs is 1. The molecule has 1 unspecified atom stereocenters. The zero-order valence-electron chi connectivity index (χ0n) is 9.58. The highest BCUT2D eigenvalue weighted by atomic mass is 79.9. The third-order valence-electron chi connectivity index (χ3n) is 3.62. The molecule has 0 aromatic heterocycles. The Bertz CT molecular complexity index is 455. The fraction of sp³-hybridized carbons (Fsp3) is 0.462. The molecule has 1 aromatic carbocycles. The van der Waals surface area contributed by atoms with Gasteiger partial charge in [-0.25, -0.2) is 0 Å². The molecule has 0 saturated carbocycles. The van der Waals surface area contributed by atoms with Crippen LogP contribution in [0, 0.1) is 5.92 Å². The average molecular weight is 295 g/mol. The van der Waals surface area contributed by atoms with Crippen LogP contribution in [-0.2, 0) is 11.2 Å². The van der Waals surface area contributed by atoms with Crippen molar-refractivity contribution in [3.05, 3.63) is 28.2 Å². The zero-order valence-corrected chi connectivity index (χ0v) is 11.2. The van der Waals surface area contributed by atoms with E-state index in [2.05, 4.69) is 33.4 Å². The summed E-state index contributed by atoms with van der Waals surface area (Å²) in [5.74, 6) is 0.451.